The first kappa shape index (κ1) is 11.4. The minimum Gasteiger partial charge on any atom is -0.393 e. The van der Waals surface area contributed by atoms with E-state index >= 15 is 0 Å². The molecule has 15 heavy (non-hydrogen) atoms. The lowest BCUT2D eigenvalue weighted by molar-refractivity contribution is -0.122. The molecular formula is C14H26O. The Balaban J connectivity index is 2.26. The molecule has 0 spiro atoms. The predicted octanol–water partition coefficient (Wildman–Crippen LogP) is 3.61. The molecule has 0 bridgehead atoms. The molecule has 2 rings (SSSR count). The zero-order valence-corrected chi connectivity index (χ0v) is 10.5. The second-order valence-corrected chi connectivity index (χ2v) is 6.07. The van der Waals surface area contributed by atoms with Crippen LogP contribution in [-0.2, 0) is 0 Å². The molecule has 0 aromatic heterocycles. The van der Waals surface area contributed by atoms with Crippen LogP contribution in [0, 0.1) is 23.2 Å². The third kappa shape index (κ3) is 1.63. The fourth-order valence-corrected chi connectivity index (χ4v) is 4.32. The molecule has 1 nitrogen and oxygen atoms in total. The molecule has 1 heteroatoms. The van der Waals surface area contributed by atoms with E-state index in [1.165, 1.54) is 32.1 Å². The first-order valence-corrected chi connectivity index (χ1v) is 6.78. The summed E-state index contributed by atoms with van der Waals surface area (Å²) in [6, 6.07) is 0. The van der Waals surface area contributed by atoms with Crippen LogP contribution in [0.3, 0.4) is 0 Å². The Morgan fingerprint density at radius 3 is 2.60 bits per heavy atom. The highest BCUT2D eigenvalue weighted by atomic mass is 16.3. The van der Waals surface area contributed by atoms with Gasteiger partial charge in [-0.2, -0.15) is 0 Å². The van der Waals surface area contributed by atoms with Crippen molar-refractivity contribution in [2.75, 3.05) is 0 Å². The van der Waals surface area contributed by atoms with Crippen LogP contribution in [0.1, 0.15) is 59.3 Å². The van der Waals surface area contributed by atoms with E-state index in [-0.39, 0.29) is 11.5 Å². The maximum atomic E-state index is 10.3. The molecule has 0 amide bonds. The zero-order chi connectivity index (χ0) is 11.1. The van der Waals surface area contributed by atoms with E-state index in [9.17, 15) is 5.11 Å². The monoisotopic (exact) mass is 210 g/mol. The molecule has 2 fully saturated rings. The molecule has 1 N–H and O–H groups in total. The fraction of sp³-hybridized carbons (Fsp3) is 1.00. The van der Waals surface area contributed by atoms with E-state index in [2.05, 4.69) is 20.8 Å². The summed E-state index contributed by atoms with van der Waals surface area (Å²) in [5, 5.41) is 10.3. The number of aliphatic hydroxyl groups excluding tert-OH is 1. The highest BCUT2D eigenvalue weighted by molar-refractivity contribution is 5.00. The number of aliphatic hydroxyl groups is 1. The van der Waals surface area contributed by atoms with Gasteiger partial charge < -0.3 is 5.11 Å². The molecule has 5 atom stereocenters. The number of fused-ring (bicyclic) bond motifs is 1. The lowest BCUT2D eigenvalue weighted by Crippen LogP contribution is -2.52. The molecule has 0 aromatic carbocycles. The average molecular weight is 210 g/mol. The summed E-state index contributed by atoms with van der Waals surface area (Å²) in [7, 11) is 0. The van der Waals surface area contributed by atoms with Crippen LogP contribution in [0.15, 0.2) is 0 Å². The highest BCUT2D eigenvalue weighted by Crippen LogP contribution is 2.55. The Labute approximate surface area is 94.3 Å². The third-order valence-corrected chi connectivity index (χ3v) is 5.64. The summed E-state index contributed by atoms with van der Waals surface area (Å²) < 4.78 is 0. The van der Waals surface area contributed by atoms with Crippen LogP contribution in [0.4, 0.5) is 0 Å². The van der Waals surface area contributed by atoms with Crippen LogP contribution in [-0.4, -0.2) is 11.2 Å². The van der Waals surface area contributed by atoms with Gasteiger partial charge >= 0.3 is 0 Å². The standard InChI is InChI=1S/C14H26O/c1-4-11-8-9-13(15)14(3)10(2)6-5-7-12(11)14/h10-13,15H,4-9H2,1-3H3. The minimum absolute atomic E-state index is 0.0411. The van der Waals surface area contributed by atoms with Gasteiger partial charge in [0.2, 0.25) is 0 Å². The van der Waals surface area contributed by atoms with Crippen molar-refractivity contribution in [2.24, 2.45) is 23.2 Å². The second-order valence-electron chi connectivity index (χ2n) is 6.07. The highest BCUT2D eigenvalue weighted by Gasteiger charge is 2.51. The molecule has 2 aliphatic carbocycles. The SMILES string of the molecule is CCC1CCC(O)C2(C)C(C)CCCC12. The van der Waals surface area contributed by atoms with E-state index in [1.807, 2.05) is 0 Å². The van der Waals surface area contributed by atoms with Gasteiger partial charge in [0, 0.05) is 0 Å². The van der Waals surface area contributed by atoms with Gasteiger partial charge in [-0.25, -0.2) is 0 Å². The predicted molar refractivity (Wildman–Crippen MR) is 63.6 cm³/mol. The quantitative estimate of drug-likeness (QED) is 0.701. The largest absolute Gasteiger partial charge is 0.393 e. The Kier molecular flexibility index (Phi) is 3.12. The van der Waals surface area contributed by atoms with Crippen molar-refractivity contribution in [3.05, 3.63) is 0 Å². The molecule has 2 saturated carbocycles. The molecule has 0 radical (unpaired) electrons. The summed E-state index contributed by atoms with van der Waals surface area (Å²) in [4.78, 5) is 0. The van der Waals surface area contributed by atoms with Crippen LogP contribution in [0.25, 0.3) is 0 Å². The summed E-state index contributed by atoms with van der Waals surface area (Å²) in [6.45, 7) is 7.03. The second kappa shape index (κ2) is 4.08. The molecule has 0 saturated heterocycles. The van der Waals surface area contributed by atoms with E-state index < -0.39 is 0 Å². The van der Waals surface area contributed by atoms with Crippen molar-refractivity contribution in [1.29, 1.82) is 0 Å². The van der Waals surface area contributed by atoms with Crippen LogP contribution in [0.2, 0.25) is 0 Å². The van der Waals surface area contributed by atoms with Gasteiger partial charge in [0.1, 0.15) is 0 Å². The third-order valence-electron chi connectivity index (χ3n) is 5.64. The van der Waals surface area contributed by atoms with Crippen molar-refractivity contribution < 1.29 is 5.11 Å². The fourth-order valence-electron chi connectivity index (χ4n) is 4.32. The Morgan fingerprint density at radius 2 is 1.93 bits per heavy atom. The molecule has 88 valence electrons. The van der Waals surface area contributed by atoms with Gasteiger partial charge in [-0.15, -0.1) is 0 Å². The van der Waals surface area contributed by atoms with Crippen molar-refractivity contribution in [3.8, 4) is 0 Å². The van der Waals surface area contributed by atoms with Crippen molar-refractivity contribution in [1.82, 2.24) is 0 Å². The van der Waals surface area contributed by atoms with Gasteiger partial charge in [-0.3, -0.25) is 0 Å². The smallest absolute Gasteiger partial charge is 0.0599 e. The van der Waals surface area contributed by atoms with Crippen molar-refractivity contribution >= 4 is 0 Å². The Morgan fingerprint density at radius 1 is 1.20 bits per heavy atom. The van der Waals surface area contributed by atoms with Gasteiger partial charge in [0.25, 0.3) is 0 Å². The molecule has 0 heterocycles. The topological polar surface area (TPSA) is 20.2 Å². The van der Waals surface area contributed by atoms with Gasteiger partial charge in [0.15, 0.2) is 0 Å². The first-order valence-electron chi connectivity index (χ1n) is 6.78. The average Bonchev–Trinajstić information content (AvgIpc) is 2.23. The maximum Gasteiger partial charge on any atom is 0.0599 e. The van der Waals surface area contributed by atoms with Gasteiger partial charge in [-0.05, 0) is 42.4 Å². The lowest BCUT2D eigenvalue weighted by atomic mass is 9.51. The van der Waals surface area contributed by atoms with Crippen LogP contribution >= 0.6 is 0 Å². The molecule has 0 aliphatic heterocycles. The Bertz CT molecular complexity index is 219. The minimum atomic E-state index is -0.0411. The summed E-state index contributed by atoms with van der Waals surface area (Å²) >= 11 is 0. The number of hydrogen-bond donors (Lipinski definition) is 1. The van der Waals surface area contributed by atoms with Gasteiger partial charge in [0.05, 0.1) is 6.10 Å². The van der Waals surface area contributed by atoms with E-state index in [0.717, 1.165) is 18.3 Å². The molecule has 0 aromatic rings. The summed E-state index contributed by atoms with van der Waals surface area (Å²) in [5.74, 6) is 2.37. The molecular weight excluding hydrogens is 184 g/mol. The molecule has 5 unspecified atom stereocenters. The van der Waals surface area contributed by atoms with Crippen molar-refractivity contribution in [3.63, 3.8) is 0 Å². The number of hydrogen-bond acceptors (Lipinski definition) is 1. The van der Waals surface area contributed by atoms with E-state index in [0.29, 0.717) is 5.92 Å². The Hall–Kier alpha value is -0.0400. The van der Waals surface area contributed by atoms with Gasteiger partial charge in [-0.1, -0.05) is 40.0 Å². The van der Waals surface area contributed by atoms with E-state index in [1.54, 1.807) is 0 Å². The zero-order valence-electron chi connectivity index (χ0n) is 10.5. The lowest BCUT2D eigenvalue weighted by Gasteiger charge is -2.55. The number of rotatable bonds is 1. The van der Waals surface area contributed by atoms with Crippen LogP contribution < -0.4 is 0 Å². The van der Waals surface area contributed by atoms with E-state index in [4.69, 9.17) is 0 Å². The van der Waals surface area contributed by atoms with Crippen molar-refractivity contribution in [2.45, 2.75) is 65.4 Å². The maximum absolute atomic E-state index is 10.3. The normalized spacial score (nSPS) is 51.2. The first-order chi connectivity index (χ1) is 7.10. The molecule has 2 aliphatic rings. The summed E-state index contributed by atoms with van der Waals surface area (Å²) in [5.41, 5.74) is 0.219. The van der Waals surface area contributed by atoms with Crippen LogP contribution in [0.5, 0.6) is 0 Å². The summed E-state index contributed by atoms with van der Waals surface area (Å²) in [6.07, 6.45) is 7.61.